The van der Waals surface area contributed by atoms with Crippen LogP contribution in [0.5, 0.6) is 0 Å². The lowest BCUT2D eigenvalue weighted by molar-refractivity contribution is -0.132. The summed E-state index contributed by atoms with van der Waals surface area (Å²) in [7, 11) is 0. The fourth-order valence-electron chi connectivity index (χ4n) is 2.75. The average Bonchev–Trinajstić information content (AvgIpc) is 2.78. The lowest BCUT2D eigenvalue weighted by Crippen LogP contribution is -2.31. The van der Waals surface area contributed by atoms with Gasteiger partial charge in [-0.05, 0) is 43.0 Å². The number of amides is 1. The molecule has 0 aromatic heterocycles. The predicted molar refractivity (Wildman–Crippen MR) is 80.2 cm³/mol. The summed E-state index contributed by atoms with van der Waals surface area (Å²) in [6.45, 7) is 3.41. The standard InChI is InChI=1S/C15H21FN2O.ClH/c1-11-8-14(12-4-2-5-13(16)9-12)18(10-11)15(19)6-3-7-17;/h2,4-5,9,11,14H,3,6-8,10,17H2,1H3;1H. The maximum atomic E-state index is 13.3. The molecule has 1 heterocycles. The number of benzene rings is 1. The quantitative estimate of drug-likeness (QED) is 0.929. The zero-order chi connectivity index (χ0) is 13.8. The van der Waals surface area contributed by atoms with Crippen molar-refractivity contribution in [3.8, 4) is 0 Å². The Morgan fingerprint density at radius 3 is 2.90 bits per heavy atom. The highest BCUT2D eigenvalue weighted by atomic mass is 35.5. The topological polar surface area (TPSA) is 46.3 Å². The number of carbonyl (C=O) groups excluding carboxylic acids is 1. The molecule has 2 unspecified atom stereocenters. The average molecular weight is 301 g/mol. The van der Waals surface area contributed by atoms with Crippen LogP contribution in [0.25, 0.3) is 0 Å². The van der Waals surface area contributed by atoms with E-state index in [1.54, 1.807) is 6.07 Å². The van der Waals surface area contributed by atoms with E-state index in [0.717, 1.165) is 18.5 Å². The number of carbonyl (C=O) groups is 1. The molecule has 5 heteroatoms. The van der Waals surface area contributed by atoms with Gasteiger partial charge in [-0.1, -0.05) is 19.1 Å². The van der Waals surface area contributed by atoms with E-state index >= 15 is 0 Å². The second kappa shape index (κ2) is 7.60. The number of nitrogens with zero attached hydrogens (tertiary/aromatic N) is 1. The minimum Gasteiger partial charge on any atom is -0.335 e. The van der Waals surface area contributed by atoms with Crippen molar-refractivity contribution in [2.45, 2.75) is 32.2 Å². The second-order valence-corrected chi connectivity index (χ2v) is 5.35. The highest BCUT2D eigenvalue weighted by molar-refractivity contribution is 5.85. The van der Waals surface area contributed by atoms with Crippen LogP contribution >= 0.6 is 12.4 Å². The van der Waals surface area contributed by atoms with Crippen LogP contribution in [0.3, 0.4) is 0 Å². The Hall–Kier alpha value is -1.13. The summed E-state index contributed by atoms with van der Waals surface area (Å²) in [5.41, 5.74) is 6.34. The summed E-state index contributed by atoms with van der Waals surface area (Å²) in [6.07, 6.45) is 2.09. The van der Waals surface area contributed by atoms with Crippen molar-refractivity contribution in [3.63, 3.8) is 0 Å². The van der Waals surface area contributed by atoms with Gasteiger partial charge in [0.1, 0.15) is 5.82 Å². The molecule has 1 fully saturated rings. The lowest BCUT2D eigenvalue weighted by Gasteiger charge is -2.25. The fourth-order valence-corrected chi connectivity index (χ4v) is 2.75. The third-order valence-corrected chi connectivity index (χ3v) is 3.66. The molecule has 2 atom stereocenters. The smallest absolute Gasteiger partial charge is 0.223 e. The highest BCUT2D eigenvalue weighted by Crippen LogP contribution is 2.35. The van der Waals surface area contributed by atoms with Crippen LogP contribution in [0.15, 0.2) is 24.3 Å². The molecule has 1 amide bonds. The minimum absolute atomic E-state index is 0. The van der Waals surface area contributed by atoms with Crippen LogP contribution in [-0.2, 0) is 4.79 Å². The first kappa shape index (κ1) is 16.9. The maximum Gasteiger partial charge on any atom is 0.223 e. The zero-order valence-electron chi connectivity index (χ0n) is 11.7. The summed E-state index contributed by atoms with van der Waals surface area (Å²) in [5, 5.41) is 0. The first-order valence-corrected chi connectivity index (χ1v) is 6.87. The summed E-state index contributed by atoms with van der Waals surface area (Å²) >= 11 is 0. The van der Waals surface area contributed by atoms with Gasteiger partial charge >= 0.3 is 0 Å². The van der Waals surface area contributed by atoms with Crippen molar-refractivity contribution < 1.29 is 9.18 Å². The largest absolute Gasteiger partial charge is 0.335 e. The number of rotatable bonds is 4. The Morgan fingerprint density at radius 1 is 1.50 bits per heavy atom. The van der Waals surface area contributed by atoms with E-state index in [0.29, 0.717) is 25.3 Å². The van der Waals surface area contributed by atoms with Crippen molar-refractivity contribution in [3.05, 3.63) is 35.6 Å². The van der Waals surface area contributed by atoms with Gasteiger partial charge in [0.25, 0.3) is 0 Å². The Morgan fingerprint density at radius 2 is 2.25 bits per heavy atom. The molecule has 20 heavy (non-hydrogen) atoms. The summed E-state index contributed by atoms with van der Waals surface area (Å²) in [5.74, 6) is 0.338. The van der Waals surface area contributed by atoms with E-state index in [2.05, 4.69) is 6.92 Å². The van der Waals surface area contributed by atoms with E-state index in [1.165, 1.54) is 12.1 Å². The van der Waals surface area contributed by atoms with Gasteiger partial charge in [-0.25, -0.2) is 4.39 Å². The molecule has 1 aromatic carbocycles. The van der Waals surface area contributed by atoms with Crippen molar-refractivity contribution in [2.24, 2.45) is 11.7 Å². The molecule has 1 saturated heterocycles. The Balaban J connectivity index is 0.00000200. The van der Waals surface area contributed by atoms with E-state index < -0.39 is 0 Å². The summed E-state index contributed by atoms with van der Waals surface area (Å²) in [6, 6.07) is 6.58. The van der Waals surface area contributed by atoms with E-state index in [4.69, 9.17) is 5.73 Å². The van der Waals surface area contributed by atoms with Crippen LogP contribution in [0.1, 0.15) is 37.8 Å². The van der Waals surface area contributed by atoms with E-state index in [1.807, 2.05) is 11.0 Å². The van der Waals surface area contributed by atoms with Crippen molar-refractivity contribution >= 4 is 18.3 Å². The van der Waals surface area contributed by atoms with Crippen LogP contribution in [-0.4, -0.2) is 23.9 Å². The third-order valence-electron chi connectivity index (χ3n) is 3.66. The molecule has 1 aliphatic heterocycles. The molecule has 2 N–H and O–H groups in total. The third kappa shape index (κ3) is 3.93. The van der Waals surface area contributed by atoms with Gasteiger partial charge in [0.2, 0.25) is 5.91 Å². The van der Waals surface area contributed by atoms with Gasteiger partial charge in [0.05, 0.1) is 6.04 Å². The molecular weight excluding hydrogens is 279 g/mol. The second-order valence-electron chi connectivity index (χ2n) is 5.35. The summed E-state index contributed by atoms with van der Waals surface area (Å²) in [4.78, 5) is 14.1. The zero-order valence-corrected chi connectivity index (χ0v) is 12.5. The molecule has 2 rings (SSSR count). The van der Waals surface area contributed by atoms with Gasteiger partial charge in [0.15, 0.2) is 0 Å². The van der Waals surface area contributed by atoms with Crippen LogP contribution < -0.4 is 5.73 Å². The van der Waals surface area contributed by atoms with Crippen LogP contribution in [0.2, 0.25) is 0 Å². The molecule has 0 saturated carbocycles. The lowest BCUT2D eigenvalue weighted by atomic mass is 10.0. The molecule has 3 nitrogen and oxygen atoms in total. The number of likely N-dealkylation sites (tertiary alicyclic amines) is 1. The van der Waals surface area contributed by atoms with Crippen molar-refractivity contribution in [1.82, 2.24) is 4.90 Å². The molecule has 112 valence electrons. The minimum atomic E-state index is -0.244. The molecular formula is C15H22ClFN2O. The molecule has 0 spiro atoms. The SMILES string of the molecule is CC1CC(c2cccc(F)c2)N(C(=O)CCCN)C1.Cl. The first-order valence-electron chi connectivity index (χ1n) is 6.87. The molecule has 0 aliphatic carbocycles. The number of hydrogen-bond acceptors (Lipinski definition) is 2. The summed E-state index contributed by atoms with van der Waals surface area (Å²) < 4.78 is 13.3. The highest BCUT2D eigenvalue weighted by Gasteiger charge is 2.33. The number of nitrogens with two attached hydrogens (primary N) is 1. The monoisotopic (exact) mass is 300 g/mol. The van der Waals surface area contributed by atoms with Crippen LogP contribution in [0, 0.1) is 11.7 Å². The number of hydrogen-bond donors (Lipinski definition) is 1. The van der Waals surface area contributed by atoms with Crippen molar-refractivity contribution in [1.29, 1.82) is 0 Å². The normalized spacial score (nSPS) is 21.6. The van der Waals surface area contributed by atoms with E-state index in [9.17, 15) is 9.18 Å². The Kier molecular flexibility index (Phi) is 6.43. The molecule has 0 radical (unpaired) electrons. The fraction of sp³-hybridized carbons (Fsp3) is 0.533. The van der Waals surface area contributed by atoms with Gasteiger partial charge < -0.3 is 10.6 Å². The van der Waals surface area contributed by atoms with Crippen molar-refractivity contribution in [2.75, 3.05) is 13.1 Å². The van der Waals surface area contributed by atoms with Gasteiger partial charge in [-0.3, -0.25) is 4.79 Å². The Labute approximate surface area is 125 Å². The van der Waals surface area contributed by atoms with E-state index in [-0.39, 0.29) is 30.2 Å². The predicted octanol–water partition coefficient (Wildman–Crippen LogP) is 2.90. The van der Waals surface area contributed by atoms with Gasteiger partial charge in [0, 0.05) is 13.0 Å². The molecule has 0 bridgehead atoms. The molecule has 1 aromatic rings. The molecule has 1 aliphatic rings. The van der Waals surface area contributed by atoms with Crippen LogP contribution in [0.4, 0.5) is 4.39 Å². The maximum absolute atomic E-state index is 13.3. The van der Waals surface area contributed by atoms with Gasteiger partial charge in [-0.2, -0.15) is 0 Å². The first-order chi connectivity index (χ1) is 9.11. The van der Waals surface area contributed by atoms with Gasteiger partial charge in [-0.15, -0.1) is 12.4 Å². The Bertz CT molecular complexity index is 455. The number of halogens is 2.